The van der Waals surface area contributed by atoms with Crippen molar-refractivity contribution >= 4 is 5.69 Å². The summed E-state index contributed by atoms with van der Waals surface area (Å²) in [5.41, 5.74) is 7.67. The van der Waals surface area contributed by atoms with Crippen molar-refractivity contribution in [3.05, 3.63) is 60.3 Å². The van der Waals surface area contributed by atoms with Gasteiger partial charge in [-0.15, -0.1) is 6.58 Å². The van der Waals surface area contributed by atoms with Crippen LogP contribution in [0.15, 0.2) is 49.1 Å². The number of pyridine rings is 1. The molecule has 0 atom stereocenters. The van der Waals surface area contributed by atoms with Crippen LogP contribution in [0.2, 0.25) is 0 Å². The minimum absolute atomic E-state index is 0.318. The van der Waals surface area contributed by atoms with Crippen LogP contribution in [0.1, 0.15) is 11.3 Å². The zero-order chi connectivity index (χ0) is 13.7. The van der Waals surface area contributed by atoms with Crippen LogP contribution in [0.4, 0.5) is 5.69 Å². The maximum atomic E-state index is 8.81. The summed E-state index contributed by atoms with van der Waals surface area (Å²) in [4.78, 5) is 4.07. The highest BCUT2D eigenvalue weighted by molar-refractivity contribution is 5.49. The molecule has 1 aromatic carbocycles. The molecular formula is C15H13N3O. The molecule has 0 amide bonds. The van der Waals surface area contributed by atoms with Gasteiger partial charge in [-0.2, -0.15) is 5.26 Å². The molecule has 4 heteroatoms. The second-order valence-electron chi connectivity index (χ2n) is 3.93. The van der Waals surface area contributed by atoms with Gasteiger partial charge in [0.15, 0.2) is 0 Å². The van der Waals surface area contributed by atoms with Crippen LogP contribution in [0.3, 0.4) is 0 Å². The summed E-state index contributed by atoms with van der Waals surface area (Å²) in [7, 11) is 0. The topological polar surface area (TPSA) is 71.9 Å². The molecule has 4 nitrogen and oxygen atoms in total. The van der Waals surface area contributed by atoms with Gasteiger partial charge in [0.25, 0.3) is 0 Å². The van der Waals surface area contributed by atoms with Crippen molar-refractivity contribution in [3.8, 4) is 17.7 Å². The quantitative estimate of drug-likeness (QED) is 0.669. The lowest BCUT2D eigenvalue weighted by molar-refractivity contribution is 0.458. The molecule has 94 valence electrons. The zero-order valence-electron chi connectivity index (χ0n) is 10.3. The predicted octanol–water partition coefficient (Wildman–Crippen LogP) is 3.06. The van der Waals surface area contributed by atoms with Gasteiger partial charge in [0.2, 0.25) is 5.88 Å². The summed E-state index contributed by atoms with van der Waals surface area (Å²) >= 11 is 0. The summed E-state index contributed by atoms with van der Waals surface area (Å²) in [6.45, 7) is 3.71. The summed E-state index contributed by atoms with van der Waals surface area (Å²) in [6.07, 6.45) is 2.43. The number of nitrogens with zero attached hydrogens (tertiary/aromatic N) is 2. The first kappa shape index (κ1) is 12.7. The molecule has 2 aromatic rings. The highest BCUT2D eigenvalue weighted by atomic mass is 16.5. The van der Waals surface area contributed by atoms with Gasteiger partial charge in [-0.1, -0.05) is 12.1 Å². The van der Waals surface area contributed by atoms with Crippen molar-refractivity contribution in [2.45, 2.75) is 6.42 Å². The molecule has 0 saturated carbocycles. The van der Waals surface area contributed by atoms with Crippen molar-refractivity contribution in [2.75, 3.05) is 5.73 Å². The molecule has 0 saturated heterocycles. The van der Waals surface area contributed by atoms with E-state index in [1.807, 2.05) is 12.1 Å². The lowest BCUT2D eigenvalue weighted by Gasteiger charge is -2.10. The van der Waals surface area contributed by atoms with Crippen LogP contribution in [-0.2, 0) is 6.42 Å². The number of nitriles is 1. The van der Waals surface area contributed by atoms with Crippen LogP contribution in [0.25, 0.3) is 0 Å². The minimum atomic E-state index is 0.318. The Morgan fingerprint density at radius 2 is 2.21 bits per heavy atom. The van der Waals surface area contributed by atoms with Gasteiger partial charge >= 0.3 is 0 Å². The monoisotopic (exact) mass is 251 g/mol. The summed E-state index contributed by atoms with van der Waals surface area (Å²) in [5.74, 6) is 1.05. The highest BCUT2D eigenvalue weighted by Crippen LogP contribution is 2.26. The van der Waals surface area contributed by atoms with Crippen LogP contribution in [0, 0.1) is 11.3 Å². The van der Waals surface area contributed by atoms with Crippen molar-refractivity contribution in [2.24, 2.45) is 0 Å². The van der Waals surface area contributed by atoms with E-state index in [1.54, 1.807) is 36.4 Å². The summed E-state index contributed by atoms with van der Waals surface area (Å²) in [6, 6.07) is 12.4. The normalized spacial score (nSPS) is 9.63. The van der Waals surface area contributed by atoms with E-state index in [-0.39, 0.29) is 0 Å². The minimum Gasteiger partial charge on any atom is -0.439 e. The fourth-order valence-corrected chi connectivity index (χ4v) is 1.66. The molecule has 2 N–H and O–H groups in total. The SMILES string of the molecule is C=CCc1cc(N)ccc1Oc1cccc(C#N)n1. The molecule has 0 unspecified atom stereocenters. The third-order valence-corrected chi connectivity index (χ3v) is 2.50. The highest BCUT2D eigenvalue weighted by Gasteiger charge is 2.06. The molecular weight excluding hydrogens is 238 g/mol. The fraction of sp³-hybridized carbons (Fsp3) is 0.0667. The Balaban J connectivity index is 2.32. The number of rotatable bonds is 4. The van der Waals surface area contributed by atoms with Gasteiger partial charge in [-0.25, -0.2) is 4.98 Å². The summed E-state index contributed by atoms with van der Waals surface area (Å²) < 4.78 is 5.69. The van der Waals surface area contributed by atoms with Gasteiger partial charge in [-0.05, 0) is 30.7 Å². The molecule has 0 spiro atoms. The summed E-state index contributed by atoms with van der Waals surface area (Å²) in [5, 5.41) is 8.81. The van der Waals surface area contributed by atoms with E-state index in [0.29, 0.717) is 29.4 Å². The number of anilines is 1. The Hall–Kier alpha value is -2.80. The maximum absolute atomic E-state index is 8.81. The standard InChI is InChI=1S/C15H13N3O/c1-2-4-11-9-12(17)7-8-14(11)19-15-6-3-5-13(10-16)18-15/h2-3,5-9H,1,4,17H2. The lowest BCUT2D eigenvalue weighted by Crippen LogP contribution is -1.95. The average Bonchev–Trinajstić information content (AvgIpc) is 2.42. The second-order valence-corrected chi connectivity index (χ2v) is 3.93. The van der Waals surface area contributed by atoms with Gasteiger partial charge in [0.05, 0.1) is 0 Å². The first-order valence-corrected chi connectivity index (χ1v) is 5.77. The molecule has 0 bridgehead atoms. The van der Waals surface area contributed by atoms with Crippen molar-refractivity contribution in [3.63, 3.8) is 0 Å². The molecule has 1 heterocycles. The number of nitrogens with two attached hydrogens (primary N) is 1. The van der Waals surface area contributed by atoms with E-state index < -0.39 is 0 Å². The van der Waals surface area contributed by atoms with Gasteiger partial charge in [-0.3, -0.25) is 0 Å². The third kappa shape index (κ3) is 3.11. The zero-order valence-corrected chi connectivity index (χ0v) is 10.3. The Bertz CT molecular complexity index is 644. The van der Waals surface area contributed by atoms with Crippen molar-refractivity contribution in [1.82, 2.24) is 4.98 Å². The number of allylic oxidation sites excluding steroid dienone is 1. The molecule has 2 rings (SSSR count). The number of hydrogen-bond donors (Lipinski definition) is 1. The van der Waals surface area contributed by atoms with Crippen LogP contribution < -0.4 is 10.5 Å². The van der Waals surface area contributed by atoms with E-state index in [1.165, 1.54) is 0 Å². The van der Waals surface area contributed by atoms with Crippen molar-refractivity contribution < 1.29 is 4.74 Å². The lowest BCUT2D eigenvalue weighted by atomic mass is 10.1. The van der Waals surface area contributed by atoms with E-state index in [9.17, 15) is 0 Å². The number of hydrogen-bond acceptors (Lipinski definition) is 4. The van der Waals surface area contributed by atoms with E-state index >= 15 is 0 Å². The Morgan fingerprint density at radius 1 is 1.37 bits per heavy atom. The van der Waals surface area contributed by atoms with E-state index in [2.05, 4.69) is 11.6 Å². The Morgan fingerprint density at radius 3 is 2.95 bits per heavy atom. The first-order valence-electron chi connectivity index (χ1n) is 5.77. The molecule has 1 aromatic heterocycles. The van der Waals surface area contributed by atoms with E-state index in [0.717, 1.165) is 5.56 Å². The molecule has 19 heavy (non-hydrogen) atoms. The number of aromatic nitrogens is 1. The van der Waals surface area contributed by atoms with Gasteiger partial charge in [0, 0.05) is 17.3 Å². The molecule has 0 aliphatic carbocycles. The van der Waals surface area contributed by atoms with Gasteiger partial charge in [0.1, 0.15) is 17.5 Å². The molecule has 0 aliphatic rings. The second kappa shape index (κ2) is 5.69. The van der Waals surface area contributed by atoms with Crippen molar-refractivity contribution in [1.29, 1.82) is 5.26 Å². The largest absolute Gasteiger partial charge is 0.439 e. The average molecular weight is 251 g/mol. The van der Waals surface area contributed by atoms with E-state index in [4.69, 9.17) is 15.7 Å². The fourth-order valence-electron chi connectivity index (χ4n) is 1.66. The number of nitrogen functional groups attached to an aromatic ring is 1. The van der Waals surface area contributed by atoms with Crippen LogP contribution in [0.5, 0.6) is 11.6 Å². The van der Waals surface area contributed by atoms with Crippen LogP contribution >= 0.6 is 0 Å². The molecule has 0 radical (unpaired) electrons. The smallest absolute Gasteiger partial charge is 0.220 e. The first-order chi connectivity index (χ1) is 9.22. The Labute approximate surface area is 111 Å². The molecule has 0 fully saturated rings. The Kier molecular flexibility index (Phi) is 3.79. The number of ether oxygens (including phenoxy) is 1. The third-order valence-electron chi connectivity index (χ3n) is 2.50. The number of benzene rings is 1. The predicted molar refractivity (Wildman–Crippen MR) is 73.8 cm³/mol. The van der Waals surface area contributed by atoms with Crippen LogP contribution in [-0.4, -0.2) is 4.98 Å². The maximum Gasteiger partial charge on any atom is 0.220 e. The molecule has 0 aliphatic heterocycles. The van der Waals surface area contributed by atoms with Gasteiger partial charge < -0.3 is 10.5 Å².